The Labute approximate surface area is 156 Å². The molecule has 3 N–H and O–H groups in total. The molecule has 0 saturated carbocycles. The highest BCUT2D eigenvalue weighted by Gasteiger charge is 2.08. The predicted molar refractivity (Wildman–Crippen MR) is 110 cm³/mol. The number of aryl methyl sites for hydroxylation is 2. The number of nitrogens with one attached hydrogen (secondary N) is 3. The van der Waals surface area contributed by atoms with Crippen molar-refractivity contribution in [1.29, 1.82) is 0 Å². The molecule has 0 aliphatic rings. The first-order valence-corrected chi connectivity index (χ1v) is 9.11. The van der Waals surface area contributed by atoms with Crippen LogP contribution in [0.4, 0.5) is 5.69 Å². The normalized spacial score (nSPS) is 10.8. The van der Waals surface area contributed by atoms with Crippen LogP contribution in [0.2, 0.25) is 0 Å². The first-order chi connectivity index (χ1) is 11.5. The summed E-state index contributed by atoms with van der Waals surface area (Å²) in [5.41, 5.74) is 6.04. The average molecular weight is 402 g/mol. The van der Waals surface area contributed by atoms with E-state index in [1.165, 1.54) is 27.7 Å². The van der Waals surface area contributed by atoms with Crippen LogP contribution in [0.3, 0.4) is 0 Å². The zero-order valence-electron chi connectivity index (χ0n) is 13.7. The van der Waals surface area contributed by atoms with Crippen molar-refractivity contribution in [2.75, 3.05) is 11.9 Å². The van der Waals surface area contributed by atoms with Gasteiger partial charge in [0.2, 0.25) is 0 Å². The number of anilines is 1. The Balaban J connectivity index is 1.60. The molecule has 3 aromatic rings. The third-order valence-corrected chi connectivity index (χ3v) is 4.81. The summed E-state index contributed by atoms with van der Waals surface area (Å²) in [6.07, 6.45) is 0.928. The van der Waals surface area contributed by atoms with Crippen molar-refractivity contribution in [3.63, 3.8) is 0 Å². The van der Waals surface area contributed by atoms with E-state index in [2.05, 4.69) is 63.6 Å². The topological polar surface area (TPSA) is 39.9 Å². The fourth-order valence-corrected chi connectivity index (χ4v) is 3.31. The van der Waals surface area contributed by atoms with Crippen LogP contribution < -0.4 is 10.6 Å². The molecule has 2 aromatic carbocycles. The lowest BCUT2D eigenvalue weighted by Gasteiger charge is -2.11. The number of aromatic amines is 1. The number of thiocarbonyl (C=S) groups is 1. The summed E-state index contributed by atoms with van der Waals surface area (Å²) >= 11 is 8.80. The van der Waals surface area contributed by atoms with Crippen LogP contribution in [0.1, 0.15) is 16.8 Å². The Morgan fingerprint density at radius 2 is 1.88 bits per heavy atom. The number of aromatic nitrogens is 1. The minimum absolute atomic E-state index is 0.644. The molecule has 1 heterocycles. The molecular weight excluding hydrogens is 382 g/mol. The highest BCUT2D eigenvalue weighted by atomic mass is 79.9. The molecule has 5 heteroatoms. The van der Waals surface area contributed by atoms with Crippen LogP contribution in [0.15, 0.2) is 46.9 Å². The zero-order chi connectivity index (χ0) is 17.1. The maximum Gasteiger partial charge on any atom is 0.170 e. The van der Waals surface area contributed by atoms with Crippen molar-refractivity contribution in [1.82, 2.24) is 10.3 Å². The molecule has 1 aromatic heterocycles. The van der Waals surface area contributed by atoms with Gasteiger partial charge in [-0.05, 0) is 74.4 Å². The number of benzene rings is 2. The van der Waals surface area contributed by atoms with Crippen molar-refractivity contribution < 1.29 is 0 Å². The molecule has 0 aliphatic heterocycles. The van der Waals surface area contributed by atoms with E-state index >= 15 is 0 Å². The number of hydrogen-bond acceptors (Lipinski definition) is 1. The van der Waals surface area contributed by atoms with E-state index in [4.69, 9.17) is 12.2 Å². The van der Waals surface area contributed by atoms with Crippen molar-refractivity contribution in [3.05, 3.63) is 63.8 Å². The molecule has 0 aliphatic carbocycles. The Morgan fingerprint density at radius 3 is 2.62 bits per heavy atom. The predicted octanol–water partition coefficient (Wildman–Crippen LogP) is 5.08. The van der Waals surface area contributed by atoms with Gasteiger partial charge in [-0.15, -0.1) is 0 Å². The quantitative estimate of drug-likeness (QED) is 0.534. The summed E-state index contributed by atoms with van der Waals surface area (Å²) in [4.78, 5) is 3.46. The minimum atomic E-state index is 0.644. The lowest BCUT2D eigenvalue weighted by atomic mass is 10.1. The number of H-pyrrole nitrogens is 1. The van der Waals surface area contributed by atoms with Gasteiger partial charge < -0.3 is 15.6 Å². The Bertz CT molecular complexity index is 868. The molecular formula is C19H20BrN3S. The van der Waals surface area contributed by atoms with Crippen LogP contribution in [0, 0.1) is 13.8 Å². The van der Waals surface area contributed by atoms with E-state index < -0.39 is 0 Å². The zero-order valence-corrected chi connectivity index (χ0v) is 16.1. The molecule has 0 spiro atoms. The van der Waals surface area contributed by atoms with Gasteiger partial charge in [0.05, 0.1) is 0 Å². The lowest BCUT2D eigenvalue weighted by Crippen LogP contribution is -2.30. The Kier molecular flexibility index (Phi) is 5.21. The molecule has 3 nitrogen and oxygen atoms in total. The van der Waals surface area contributed by atoms with Crippen molar-refractivity contribution >= 4 is 49.9 Å². The van der Waals surface area contributed by atoms with E-state index in [9.17, 15) is 0 Å². The number of fused-ring (bicyclic) bond motifs is 1. The fourth-order valence-electron chi connectivity index (χ4n) is 2.83. The van der Waals surface area contributed by atoms with Crippen LogP contribution in [-0.4, -0.2) is 16.6 Å². The van der Waals surface area contributed by atoms with Crippen LogP contribution in [0.25, 0.3) is 10.9 Å². The van der Waals surface area contributed by atoms with Crippen LogP contribution >= 0.6 is 28.1 Å². The molecule has 0 fully saturated rings. The third kappa shape index (κ3) is 3.97. The number of rotatable bonds is 4. The van der Waals surface area contributed by atoms with E-state index in [0.717, 1.165) is 23.1 Å². The third-order valence-electron chi connectivity index (χ3n) is 4.04. The van der Waals surface area contributed by atoms with Gasteiger partial charge in [-0.1, -0.05) is 27.6 Å². The lowest BCUT2D eigenvalue weighted by molar-refractivity contribution is 0.871. The van der Waals surface area contributed by atoms with E-state index in [0.29, 0.717) is 5.11 Å². The molecule has 124 valence electrons. The number of hydrogen-bond donors (Lipinski definition) is 3. The second kappa shape index (κ2) is 7.36. The van der Waals surface area contributed by atoms with Gasteiger partial charge in [0.1, 0.15) is 0 Å². The molecule has 24 heavy (non-hydrogen) atoms. The smallest absolute Gasteiger partial charge is 0.170 e. The van der Waals surface area contributed by atoms with Gasteiger partial charge >= 0.3 is 0 Å². The van der Waals surface area contributed by atoms with Gasteiger partial charge in [0.25, 0.3) is 0 Å². The molecule has 0 amide bonds. The summed E-state index contributed by atoms with van der Waals surface area (Å²) in [6.45, 7) is 5.05. The van der Waals surface area contributed by atoms with E-state index in [1.54, 1.807) is 0 Å². The standard InChI is InChI=1S/C19H20BrN3S/c1-12-3-8-18-17(11-12)16(13(2)22-18)9-10-21-19(24)23-15-6-4-14(20)5-7-15/h3-8,11,22H,9-10H2,1-2H3,(H2,21,23,24). The van der Waals surface area contributed by atoms with Crippen LogP contribution in [0.5, 0.6) is 0 Å². The Morgan fingerprint density at radius 1 is 1.12 bits per heavy atom. The SMILES string of the molecule is Cc1ccc2[nH]c(C)c(CCNC(=S)Nc3ccc(Br)cc3)c2c1. The van der Waals surface area contributed by atoms with Gasteiger partial charge in [-0.25, -0.2) is 0 Å². The molecule has 0 atom stereocenters. The van der Waals surface area contributed by atoms with Gasteiger partial charge in [-0.3, -0.25) is 0 Å². The fraction of sp³-hybridized carbons (Fsp3) is 0.211. The number of halogens is 1. The highest BCUT2D eigenvalue weighted by Crippen LogP contribution is 2.23. The molecule has 0 radical (unpaired) electrons. The summed E-state index contributed by atoms with van der Waals surface area (Å²) in [5.74, 6) is 0. The minimum Gasteiger partial charge on any atom is -0.362 e. The summed E-state index contributed by atoms with van der Waals surface area (Å²) < 4.78 is 1.05. The molecule has 0 saturated heterocycles. The van der Waals surface area contributed by atoms with Gasteiger partial charge in [0, 0.05) is 33.3 Å². The first kappa shape index (κ1) is 17.0. The van der Waals surface area contributed by atoms with Gasteiger partial charge in [0.15, 0.2) is 5.11 Å². The molecule has 3 rings (SSSR count). The Hall–Kier alpha value is -1.85. The van der Waals surface area contributed by atoms with Crippen molar-refractivity contribution in [2.24, 2.45) is 0 Å². The monoisotopic (exact) mass is 401 g/mol. The van der Waals surface area contributed by atoms with E-state index in [-0.39, 0.29) is 0 Å². The second-order valence-electron chi connectivity index (χ2n) is 5.92. The van der Waals surface area contributed by atoms with Crippen LogP contribution in [-0.2, 0) is 6.42 Å². The maximum atomic E-state index is 5.37. The molecule has 0 bridgehead atoms. The maximum absolute atomic E-state index is 5.37. The van der Waals surface area contributed by atoms with Gasteiger partial charge in [-0.2, -0.15) is 0 Å². The highest BCUT2D eigenvalue weighted by molar-refractivity contribution is 9.10. The average Bonchev–Trinajstić information content (AvgIpc) is 2.85. The second-order valence-corrected chi connectivity index (χ2v) is 7.24. The summed E-state index contributed by atoms with van der Waals surface area (Å²) in [7, 11) is 0. The molecule has 0 unspecified atom stereocenters. The van der Waals surface area contributed by atoms with Crippen molar-refractivity contribution in [3.8, 4) is 0 Å². The first-order valence-electron chi connectivity index (χ1n) is 7.91. The van der Waals surface area contributed by atoms with Crippen molar-refractivity contribution in [2.45, 2.75) is 20.3 Å². The summed E-state index contributed by atoms with van der Waals surface area (Å²) in [5, 5.41) is 8.44. The van der Waals surface area contributed by atoms with E-state index in [1.807, 2.05) is 24.3 Å². The summed E-state index contributed by atoms with van der Waals surface area (Å²) in [6, 6.07) is 14.5. The largest absolute Gasteiger partial charge is 0.362 e.